The van der Waals surface area contributed by atoms with Crippen molar-refractivity contribution in [1.82, 2.24) is 5.32 Å². The summed E-state index contributed by atoms with van der Waals surface area (Å²) in [7, 11) is 1.60. The van der Waals surface area contributed by atoms with Gasteiger partial charge in [0.2, 0.25) is 5.91 Å². The molecule has 122 valence electrons. The number of carbonyl (C=O) groups excluding carboxylic acids is 1. The van der Waals surface area contributed by atoms with Gasteiger partial charge in [0.25, 0.3) is 0 Å². The minimum Gasteiger partial charge on any atom is -0.359 e. The van der Waals surface area contributed by atoms with Gasteiger partial charge in [0, 0.05) is 23.8 Å². The van der Waals surface area contributed by atoms with E-state index in [4.69, 9.17) is 0 Å². The Hall–Kier alpha value is -1.81. The first-order valence-electron chi connectivity index (χ1n) is 7.82. The van der Waals surface area contributed by atoms with Gasteiger partial charge >= 0.3 is 0 Å². The Morgan fingerprint density at radius 1 is 1.09 bits per heavy atom. The lowest BCUT2D eigenvalue weighted by Gasteiger charge is -2.17. The average Bonchev–Trinajstić information content (AvgIpc) is 2.56. The Bertz CT molecular complexity index is 658. The summed E-state index contributed by atoms with van der Waals surface area (Å²) in [5, 5.41) is 2.39. The van der Waals surface area contributed by atoms with E-state index < -0.39 is 0 Å². The van der Waals surface area contributed by atoms with E-state index in [1.165, 1.54) is 18.9 Å². The van der Waals surface area contributed by atoms with E-state index in [9.17, 15) is 9.18 Å². The first kappa shape index (κ1) is 17.5. The Morgan fingerprint density at radius 3 is 2.39 bits per heavy atom. The van der Waals surface area contributed by atoms with Crippen molar-refractivity contribution in [2.45, 2.75) is 42.4 Å². The minimum atomic E-state index is -0.0226. The Kier molecular flexibility index (Phi) is 6.66. The highest BCUT2D eigenvalue weighted by Crippen LogP contribution is 2.33. The Morgan fingerprint density at radius 2 is 1.74 bits per heavy atom. The molecule has 2 aromatic carbocycles. The van der Waals surface area contributed by atoms with Gasteiger partial charge in [-0.25, -0.2) is 4.39 Å². The van der Waals surface area contributed by atoms with Gasteiger partial charge in [0.1, 0.15) is 5.82 Å². The van der Waals surface area contributed by atoms with Crippen LogP contribution in [0.3, 0.4) is 0 Å². The number of benzene rings is 2. The monoisotopic (exact) mass is 331 g/mol. The number of amides is 1. The largest absolute Gasteiger partial charge is 0.359 e. The fraction of sp³-hybridized carbons (Fsp3) is 0.316. The van der Waals surface area contributed by atoms with Crippen molar-refractivity contribution in [2.24, 2.45) is 0 Å². The molecule has 0 saturated carbocycles. The molecule has 4 heteroatoms. The summed E-state index contributed by atoms with van der Waals surface area (Å²) in [5.74, 6) is -0.0179. The van der Waals surface area contributed by atoms with Crippen molar-refractivity contribution in [2.75, 3.05) is 7.05 Å². The summed E-state index contributed by atoms with van der Waals surface area (Å²) < 4.78 is 14.0. The van der Waals surface area contributed by atoms with Gasteiger partial charge in [-0.05, 0) is 61.1 Å². The third-order valence-electron chi connectivity index (χ3n) is 3.72. The van der Waals surface area contributed by atoms with Crippen LogP contribution >= 0.6 is 11.8 Å². The van der Waals surface area contributed by atoms with E-state index >= 15 is 0 Å². The molecule has 1 aliphatic rings. The predicted octanol–water partition coefficient (Wildman–Crippen LogP) is 4.61. The molecule has 2 nitrogen and oxygen atoms in total. The van der Waals surface area contributed by atoms with E-state index in [0.29, 0.717) is 0 Å². The number of rotatable bonds is 2. The van der Waals surface area contributed by atoms with Crippen molar-refractivity contribution in [3.63, 3.8) is 0 Å². The van der Waals surface area contributed by atoms with Crippen molar-refractivity contribution < 1.29 is 9.18 Å². The first-order valence-corrected chi connectivity index (χ1v) is 8.64. The van der Waals surface area contributed by atoms with E-state index in [1.807, 2.05) is 18.2 Å². The molecule has 2 aromatic rings. The summed E-state index contributed by atoms with van der Waals surface area (Å²) in [6.45, 7) is 1.47. The highest BCUT2D eigenvalue weighted by Gasteiger charge is 2.15. The van der Waals surface area contributed by atoms with Gasteiger partial charge in [-0.1, -0.05) is 30.0 Å². The molecule has 0 heterocycles. The molecule has 0 aliphatic heterocycles. The molecular formula is C19H22FNOS. The van der Waals surface area contributed by atoms with Crippen LogP contribution in [0.2, 0.25) is 0 Å². The smallest absolute Gasteiger partial charge is 0.216 e. The van der Waals surface area contributed by atoms with E-state index in [1.54, 1.807) is 24.9 Å². The maximum absolute atomic E-state index is 14.0. The predicted molar refractivity (Wildman–Crippen MR) is 93.3 cm³/mol. The molecular weight excluding hydrogens is 309 g/mol. The zero-order chi connectivity index (χ0) is 16.7. The zero-order valence-electron chi connectivity index (χ0n) is 13.6. The second kappa shape index (κ2) is 8.73. The average molecular weight is 331 g/mol. The van der Waals surface area contributed by atoms with Gasteiger partial charge < -0.3 is 5.32 Å². The third kappa shape index (κ3) is 5.39. The number of hydrogen-bond donors (Lipinski definition) is 1. The SMILES string of the molecule is CNC(C)=O.Fc1cc(Sc2ccccc2)cc2c1CCCC2. The molecule has 23 heavy (non-hydrogen) atoms. The molecule has 0 radical (unpaired) electrons. The van der Waals surface area contributed by atoms with Gasteiger partial charge in [0.05, 0.1) is 0 Å². The van der Waals surface area contributed by atoms with Crippen LogP contribution in [0.4, 0.5) is 4.39 Å². The maximum atomic E-state index is 14.0. The van der Waals surface area contributed by atoms with Crippen LogP contribution in [0, 0.1) is 5.82 Å². The molecule has 0 saturated heterocycles. The lowest BCUT2D eigenvalue weighted by Crippen LogP contribution is -2.11. The summed E-state index contributed by atoms with van der Waals surface area (Å²) in [6.07, 6.45) is 4.23. The maximum Gasteiger partial charge on any atom is 0.216 e. The fourth-order valence-corrected chi connectivity index (χ4v) is 3.40. The molecule has 0 atom stereocenters. The molecule has 1 N–H and O–H groups in total. The summed E-state index contributed by atoms with van der Waals surface area (Å²) in [4.78, 5) is 11.9. The van der Waals surface area contributed by atoms with Crippen LogP contribution < -0.4 is 5.32 Å². The van der Waals surface area contributed by atoms with Crippen LogP contribution in [0.1, 0.15) is 30.9 Å². The first-order chi connectivity index (χ1) is 11.1. The van der Waals surface area contributed by atoms with Crippen LogP contribution in [0.5, 0.6) is 0 Å². The Labute approximate surface area is 141 Å². The van der Waals surface area contributed by atoms with Crippen LogP contribution in [0.25, 0.3) is 0 Å². The molecule has 0 unspecified atom stereocenters. The number of fused-ring (bicyclic) bond motifs is 1. The van der Waals surface area contributed by atoms with Gasteiger partial charge in [-0.3, -0.25) is 4.79 Å². The van der Waals surface area contributed by atoms with Gasteiger partial charge in [-0.15, -0.1) is 0 Å². The molecule has 0 bridgehead atoms. The fourth-order valence-electron chi connectivity index (χ4n) is 2.47. The Balaban J connectivity index is 0.000000338. The summed E-state index contributed by atoms with van der Waals surface area (Å²) >= 11 is 1.63. The highest BCUT2D eigenvalue weighted by atomic mass is 32.2. The lowest BCUT2D eigenvalue weighted by atomic mass is 9.91. The van der Waals surface area contributed by atoms with Crippen molar-refractivity contribution in [3.8, 4) is 0 Å². The molecule has 0 aromatic heterocycles. The number of halogens is 1. The molecule has 3 rings (SSSR count). The van der Waals surface area contributed by atoms with Gasteiger partial charge in [-0.2, -0.15) is 0 Å². The second-order valence-electron chi connectivity index (χ2n) is 5.47. The normalized spacial score (nSPS) is 12.7. The quantitative estimate of drug-likeness (QED) is 0.871. The van der Waals surface area contributed by atoms with Gasteiger partial charge in [0.15, 0.2) is 0 Å². The highest BCUT2D eigenvalue weighted by molar-refractivity contribution is 7.99. The number of nitrogens with one attached hydrogen (secondary N) is 1. The number of aryl methyl sites for hydroxylation is 1. The lowest BCUT2D eigenvalue weighted by molar-refractivity contribution is -0.118. The van der Waals surface area contributed by atoms with Crippen LogP contribution in [0.15, 0.2) is 52.3 Å². The van der Waals surface area contributed by atoms with Crippen molar-refractivity contribution >= 4 is 17.7 Å². The van der Waals surface area contributed by atoms with E-state index in [2.05, 4.69) is 23.5 Å². The van der Waals surface area contributed by atoms with Crippen LogP contribution in [-0.2, 0) is 17.6 Å². The third-order valence-corrected chi connectivity index (χ3v) is 4.69. The zero-order valence-corrected chi connectivity index (χ0v) is 14.4. The molecule has 0 fully saturated rings. The topological polar surface area (TPSA) is 29.1 Å². The van der Waals surface area contributed by atoms with E-state index in [-0.39, 0.29) is 11.7 Å². The minimum absolute atomic E-state index is 0.00463. The number of carbonyl (C=O) groups is 1. The van der Waals surface area contributed by atoms with Crippen molar-refractivity contribution in [3.05, 3.63) is 59.4 Å². The van der Waals surface area contributed by atoms with E-state index in [0.717, 1.165) is 34.6 Å². The number of hydrogen-bond acceptors (Lipinski definition) is 2. The summed E-state index contributed by atoms with van der Waals surface area (Å²) in [6, 6.07) is 14.0. The summed E-state index contributed by atoms with van der Waals surface area (Å²) in [5.41, 5.74) is 2.15. The van der Waals surface area contributed by atoms with Crippen molar-refractivity contribution in [1.29, 1.82) is 0 Å². The van der Waals surface area contributed by atoms with Crippen LogP contribution in [-0.4, -0.2) is 13.0 Å². The molecule has 1 aliphatic carbocycles. The second-order valence-corrected chi connectivity index (χ2v) is 6.62. The standard InChI is InChI=1S/C16H15FS.C3H7NO/c17-16-11-14(18-13-7-2-1-3-8-13)10-12-6-4-5-9-15(12)16;1-3(5)4-2/h1-3,7-8,10-11H,4-6,9H2;1-2H3,(H,4,5). The molecule has 1 amide bonds. The molecule has 0 spiro atoms.